The second kappa shape index (κ2) is 18.9. The molecule has 0 unspecified atom stereocenters. The molecule has 0 atom stereocenters. The Bertz CT molecular complexity index is 416. The maximum atomic E-state index is 8.88. The van der Waals surface area contributed by atoms with Crippen LogP contribution in [0.3, 0.4) is 0 Å². The molecule has 0 saturated heterocycles. The summed E-state index contributed by atoms with van der Waals surface area (Å²) < 4.78 is 14.6. The van der Waals surface area contributed by atoms with E-state index in [2.05, 4.69) is 6.92 Å². The van der Waals surface area contributed by atoms with Gasteiger partial charge in [-0.05, 0) is 18.6 Å². The van der Waals surface area contributed by atoms with Gasteiger partial charge < -0.3 is 19.4 Å². The van der Waals surface area contributed by atoms with E-state index in [1.165, 1.54) is 64.2 Å². The van der Waals surface area contributed by atoms with Crippen LogP contribution in [0.25, 0.3) is 0 Å². The minimum atomic E-state index is -4.64. The molecule has 0 fully saturated rings. The summed E-state index contributed by atoms with van der Waals surface area (Å²) in [6, 6.07) is 10.1. The van der Waals surface area contributed by atoms with Gasteiger partial charge in [0.05, 0.1) is 6.61 Å². The quantitative estimate of drug-likeness (QED) is 0.282. The number of ether oxygens (including phenoxy) is 1. The van der Waals surface area contributed by atoms with Crippen molar-refractivity contribution in [3.63, 3.8) is 0 Å². The Morgan fingerprint density at radius 2 is 1.20 bits per heavy atom. The Morgan fingerprint density at radius 3 is 1.64 bits per heavy atom. The third-order valence-corrected chi connectivity index (χ3v) is 3.51. The average molecular weight is 384 g/mol. The van der Waals surface area contributed by atoms with Gasteiger partial charge in [0.1, 0.15) is 5.75 Å². The number of phosphoric acid groups is 1. The molecule has 0 spiro atoms. The summed E-state index contributed by atoms with van der Waals surface area (Å²) in [6.45, 7) is 3.14. The molecule has 3 N–H and O–H groups in total. The summed E-state index contributed by atoms with van der Waals surface area (Å²) in [4.78, 5) is 21.6. The molecule has 1 rings (SSSR count). The molecule has 0 radical (unpaired) electrons. The summed E-state index contributed by atoms with van der Waals surface area (Å²) in [6.07, 6.45) is 13.7. The van der Waals surface area contributed by atoms with E-state index in [9.17, 15) is 0 Å². The van der Waals surface area contributed by atoms with Crippen LogP contribution in [0.15, 0.2) is 30.3 Å². The summed E-state index contributed by atoms with van der Waals surface area (Å²) in [5.74, 6) is 0.999. The maximum absolute atomic E-state index is 8.88. The molecule has 0 amide bonds. The van der Waals surface area contributed by atoms with Crippen molar-refractivity contribution in [2.45, 2.75) is 71.1 Å². The normalized spacial score (nSPS) is 10.4. The Hall–Kier alpha value is 0.130. The van der Waals surface area contributed by atoms with Crippen molar-refractivity contribution in [2.75, 3.05) is 6.61 Å². The number of rotatable bonds is 12. The van der Waals surface area contributed by atoms with Gasteiger partial charge >= 0.3 is 37.4 Å². The van der Waals surface area contributed by atoms with E-state index >= 15 is 0 Å². The Labute approximate surface area is 174 Å². The molecule has 1 aromatic carbocycles. The molecule has 142 valence electrons. The monoisotopic (exact) mass is 384 g/mol. The van der Waals surface area contributed by atoms with Crippen LogP contribution < -0.4 is 4.74 Å². The number of para-hydroxylation sites is 1. The Kier molecular flexibility index (Phi) is 20.7. The Morgan fingerprint density at radius 1 is 0.800 bits per heavy atom. The van der Waals surface area contributed by atoms with Crippen molar-refractivity contribution in [1.29, 1.82) is 0 Å². The molecule has 0 aliphatic heterocycles. The standard InChI is InChI=1S/C18H30O.Na.H3O4P.H/c1-2-3-4-5-6-7-8-9-10-14-17-19-18-15-12-11-13-16-18;;1-5(2,3)4;/h11-13,15-16H,2-10,14,17H2,1H3;;(H3,1,2,3,4);. The van der Waals surface area contributed by atoms with Gasteiger partial charge in [0.15, 0.2) is 0 Å². The second-order valence-electron chi connectivity index (χ2n) is 5.86. The van der Waals surface area contributed by atoms with Crippen LogP contribution in [0.4, 0.5) is 0 Å². The predicted molar refractivity (Wildman–Crippen MR) is 105 cm³/mol. The molecule has 0 aliphatic rings. The fourth-order valence-corrected chi connectivity index (χ4v) is 2.30. The zero-order chi connectivity index (χ0) is 18.1. The van der Waals surface area contributed by atoms with Crippen molar-refractivity contribution in [2.24, 2.45) is 0 Å². The van der Waals surface area contributed by atoms with Gasteiger partial charge in [0.2, 0.25) is 0 Å². The van der Waals surface area contributed by atoms with Crippen LogP contribution >= 0.6 is 7.82 Å². The number of unbranched alkanes of at least 4 members (excludes halogenated alkanes) is 9. The first-order chi connectivity index (χ1) is 11.4. The zero-order valence-electron chi connectivity index (χ0n) is 14.8. The van der Waals surface area contributed by atoms with E-state index in [1.54, 1.807) is 0 Å². The molecule has 7 heteroatoms. The van der Waals surface area contributed by atoms with Crippen LogP contribution in [0.2, 0.25) is 0 Å². The summed E-state index contributed by atoms with van der Waals surface area (Å²) in [5, 5.41) is 0. The van der Waals surface area contributed by atoms with Gasteiger partial charge in [-0.2, -0.15) is 0 Å². The minimum absolute atomic E-state index is 0. The van der Waals surface area contributed by atoms with Crippen LogP contribution in [-0.4, -0.2) is 50.8 Å². The van der Waals surface area contributed by atoms with E-state index < -0.39 is 7.82 Å². The van der Waals surface area contributed by atoms with Gasteiger partial charge in [-0.15, -0.1) is 0 Å². The number of hydrogen-bond acceptors (Lipinski definition) is 2. The molecular weight excluding hydrogens is 350 g/mol. The van der Waals surface area contributed by atoms with E-state index in [0.29, 0.717) is 0 Å². The molecule has 1 aromatic rings. The SMILES string of the molecule is CCCCCCCCCCCCOc1ccccc1.O=P(O)(O)O.[NaH]. The van der Waals surface area contributed by atoms with Gasteiger partial charge in [0.25, 0.3) is 0 Å². The third kappa shape index (κ3) is 26.5. The van der Waals surface area contributed by atoms with Gasteiger partial charge in [0, 0.05) is 0 Å². The van der Waals surface area contributed by atoms with E-state index in [0.717, 1.165) is 12.4 Å². The fourth-order valence-electron chi connectivity index (χ4n) is 2.30. The second-order valence-corrected chi connectivity index (χ2v) is 6.88. The molecular formula is C18H34NaO5P. The van der Waals surface area contributed by atoms with Crippen molar-refractivity contribution in [3.05, 3.63) is 30.3 Å². The van der Waals surface area contributed by atoms with Crippen molar-refractivity contribution < 1.29 is 24.0 Å². The zero-order valence-corrected chi connectivity index (χ0v) is 15.7. The fraction of sp³-hybridized carbons (Fsp3) is 0.667. The Balaban J connectivity index is 0. The third-order valence-electron chi connectivity index (χ3n) is 3.51. The number of benzene rings is 1. The van der Waals surface area contributed by atoms with E-state index in [1.807, 2.05) is 30.3 Å². The van der Waals surface area contributed by atoms with Crippen LogP contribution in [0.5, 0.6) is 5.75 Å². The molecule has 0 aliphatic carbocycles. The van der Waals surface area contributed by atoms with Crippen LogP contribution in [0.1, 0.15) is 71.1 Å². The molecule has 0 aromatic heterocycles. The van der Waals surface area contributed by atoms with E-state index in [4.69, 9.17) is 24.0 Å². The van der Waals surface area contributed by atoms with Crippen molar-refractivity contribution in [1.82, 2.24) is 0 Å². The van der Waals surface area contributed by atoms with Crippen LogP contribution in [-0.2, 0) is 4.57 Å². The van der Waals surface area contributed by atoms with Crippen molar-refractivity contribution in [3.8, 4) is 5.75 Å². The first kappa shape index (κ1) is 27.3. The molecule has 25 heavy (non-hydrogen) atoms. The van der Waals surface area contributed by atoms with Gasteiger partial charge in [-0.1, -0.05) is 82.9 Å². The van der Waals surface area contributed by atoms with Crippen molar-refractivity contribution >= 4 is 37.4 Å². The molecule has 0 bridgehead atoms. The average Bonchev–Trinajstić information content (AvgIpc) is 2.52. The topological polar surface area (TPSA) is 87.0 Å². The molecule has 0 saturated carbocycles. The van der Waals surface area contributed by atoms with E-state index in [-0.39, 0.29) is 29.6 Å². The van der Waals surface area contributed by atoms with Gasteiger partial charge in [-0.25, -0.2) is 4.57 Å². The summed E-state index contributed by atoms with van der Waals surface area (Å²) in [7, 11) is -4.64. The molecule has 0 heterocycles. The summed E-state index contributed by atoms with van der Waals surface area (Å²) >= 11 is 0. The summed E-state index contributed by atoms with van der Waals surface area (Å²) in [5.41, 5.74) is 0. The first-order valence-corrected chi connectivity index (χ1v) is 10.5. The van der Waals surface area contributed by atoms with Crippen LogP contribution in [0, 0.1) is 0 Å². The van der Waals surface area contributed by atoms with Gasteiger partial charge in [-0.3, -0.25) is 0 Å². The molecule has 5 nitrogen and oxygen atoms in total. The first-order valence-electron chi connectivity index (χ1n) is 8.89. The number of hydrogen-bond donors (Lipinski definition) is 3. The predicted octanol–water partition coefficient (Wildman–Crippen LogP) is 4.41.